The van der Waals surface area contributed by atoms with Gasteiger partial charge in [-0.25, -0.2) is 8.42 Å². The molecule has 0 N–H and O–H groups in total. The first-order valence-electron chi connectivity index (χ1n) is 8.87. The van der Waals surface area contributed by atoms with Gasteiger partial charge in [-0.05, 0) is 37.5 Å². The highest BCUT2D eigenvalue weighted by atomic mass is 32.2. The Morgan fingerprint density at radius 1 is 1.08 bits per heavy atom. The molecule has 0 unspecified atom stereocenters. The summed E-state index contributed by atoms with van der Waals surface area (Å²) in [6.07, 6.45) is 3.81. The minimum absolute atomic E-state index is 0.135. The van der Waals surface area contributed by atoms with Crippen LogP contribution in [0.4, 0.5) is 0 Å². The van der Waals surface area contributed by atoms with E-state index < -0.39 is 10.0 Å². The minimum atomic E-state index is -3.65. The monoisotopic (exact) mass is 387 g/mol. The van der Waals surface area contributed by atoms with Gasteiger partial charge in [0.1, 0.15) is 15.9 Å². The molecular formula is C19H21N3O2S2. The van der Waals surface area contributed by atoms with Crippen LogP contribution in [0.2, 0.25) is 0 Å². The molecule has 26 heavy (non-hydrogen) atoms. The van der Waals surface area contributed by atoms with Crippen molar-refractivity contribution in [3.63, 3.8) is 0 Å². The Labute approximate surface area is 158 Å². The van der Waals surface area contributed by atoms with Crippen molar-refractivity contribution in [2.45, 2.75) is 43.5 Å². The van der Waals surface area contributed by atoms with E-state index in [1.807, 2.05) is 25.1 Å². The Balaban J connectivity index is 1.83. The first-order chi connectivity index (χ1) is 12.6. The number of rotatable bonds is 3. The zero-order chi connectivity index (χ0) is 18.1. The second-order valence-electron chi connectivity index (χ2n) is 6.78. The topological polar surface area (TPSA) is 63.2 Å². The summed E-state index contributed by atoms with van der Waals surface area (Å²) in [7, 11) is -3.65. The summed E-state index contributed by atoms with van der Waals surface area (Å²) < 4.78 is 37.3. The molecule has 7 heteroatoms. The van der Waals surface area contributed by atoms with Crippen molar-refractivity contribution in [1.82, 2.24) is 13.1 Å². The van der Waals surface area contributed by atoms with Crippen LogP contribution >= 0.6 is 11.7 Å². The summed E-state index contributed by atoms with van der Waals surface area (Å²) in [5.74, 6) is 0. The fourth-order valence-electron chi connectivity index (χ4n) is 3.70. The lowest BCUT2D eigenvalue weighted by Gasteiger charge is -2.29. The first-order valence-corrected chi connectivity index (χ1v) is 11.0. The van der Waals surface area contributed by atoms with Gasteiger partial charge in [-0.2, -0.15) is 13.1 Å². The lowest BCUT2D eigenvalue weighted by molar-refractivity contribution is 0.329. The summed E-state index contributed by atoms with van der Waals surface area (Å²) in [4.78, 5) is 0.267. The molecule has 1 aliphatic rings. The number of sulfonamides is 1. The van der Waals surface area contributed by atoms with Gasteiger partial charge in [-0.3, -0.25) is 0 Å². The molecule has 3 aromatic rings. The molecular weight excluding hydrogens is 366 g/mol. The molecule has 1 atom stereocenters. The summed E-state index contributed by atoms with van der Waals surface area (Å²) in [5, 5.41) is 0. The number of aryl methyl sites for hydroxylation is 1. The molecule has 1 saturated heterocycles. The maximum Gasteiger partial charge on any atom is 0.245 e. The molecule has 4 rings (SSSR count). The van der Waals surface area contributed by atoms with Crippen molar-refractivity contribution in [2.24, 2.45) is 0 Å². The number of hydrogen-bond donors (Lipinski definition) is 0. The van der Waals surface area contributed by atoms with E-state index in [1.54, 1.807) is 22.5 Å². The van der Waals surface area contributed by atoms with Crippen molar-refractivity contribution in [3.8, 4) is 0 Å². The van der Waals surface area contributed by atoms with Crippen molar-refractivity contribution in [1.29, 1.82) is 0 Å². The van der Waals surface area contributed by atoms with Crippen molar-refractivity contribution in [3.05, 3.63) is 53.6 Å². The Morgan fingerprint density at radius 2 is 1.92 bits per heavy atom. The maximum absolute atomic E-state index is 13.6. The number of aromatic nitrogens is 2. The molecule has 0 aliphatic carbocycles. The first kappa shape index (κ1) is 17.6. The quantitative estimate of drug-likeness (QED) is 0.672. The molecule has 2 heterocycles. The van der Waals surface area contributed by atoms with E-state index in [-0.39, 0.29) is 10.9 Å². The summed E-state index contributed by atoms with van der Waals surface area (Å²) in [5.41, 5.74) is 3.33. The highest BCUT2D eigenvalue weighted by molar-refractivity contribution is 7.89. The molecule has 0 saturated carbocycles. The average Bonchev–Trinajstić information content (AvgIpc) is 2.96. The number of fused-ring (bicyclic) bond motifs is 1. The van der Waals surface area contributed by atoms with E-state index in [1.165, 1.54) is 0 Å². The second-order valence-corrected chi connectivity index (χ2v) is 9.17. The molecule has 1 aromatic heterocycles. The third kappa shape index (κ3) is 3.15. The fourth-order valence-corrected chi connectivity index (χ4v) is 6.13. The van der Waals surface area contributed by atoms with Crippen LogP contribution in [0.3, 0.4) is 0 Å². The summed E-state index contributed by atoms with van der Waals surface area (Å²) >= 11 is 1.05. The standard InChI is InChI=1S/C19H21N3O2S2/c1-14-7-5-8-15(13-14)17-10-3-2-4-12-22(17)26(23,24)18-11-6-9-16-19(18)21-25-20-16/h5-9,11,13,17H,2-4,10,12H2,1H3/t17-/m1/s1. The van der Waals surface area contributed by atoms with Gasteiger partial charge in [0, 0.05) is 6.54 Å². The van der Waals surface area contributed by atoms with Gasteiger partial charge in [0.25, 0.3) is 0 Å². The molecule has 0 radical (unpaired) electrons. The molecule has 0 amide bonds. The third-order valence-corrected chi connectivity index (χ3v) is 7.45. The largest absolute Gasteiger partial charge is 0.245 e. The lowest BCUT2D eigenvalue weighted by Crippen LogP contribution is -2.35. The Morgan fingerprint density at radius 3 is 2.77 bits per heavy atom. The third-order valence-electron chi connectivity index (χ3n) is 4.97. The summed E-state index contributed by atoms with van der Waals surface area (Å²) in [6, 6.07) is 13.3. The predicted molar refractivity (Wildman–Crippen MR) is 104 cm³/mol. The van der Waals surface area contributed by atoms with Crippen LogP contribution in [0.15, 0.2) is 47.4 Å². The lowest BCUT2D eigenvalue weighted by atomic mass is 10.0. The van der Waals surface area contributed by atoms with Crippen LogP contribution in [0.1, 0.15) is 42.9 Å². The number of nitrogens with zero attached hydrogens (tertiary/aromatic N) is 3. The molecule has 0 spiro atoms. The van der Waals surface area contributed by atoms with E-state index in [9.17, 15) is 8.42 Å². The zero-order valence-electron chi connectivity index (χ0n) is 14.6. The molecule has 136 valence electrons. The van der Waals surface area contributed by atoms with Crippen LogP contribution < -0.4 is 0 Å². The van der Waals surface area contributed by atoms with Crippen LogP contribution in [0.5, 0.6) is 0 Å². The smallest absolute Gasteiger partial charge is 0.207 e. The van der Waals surface area contributed by atoms with Gasteiger partial charge < -0.3 is 0 Å². The maximum atomic E-state index is 13.6. The van der Waals surface area contributed by atoms with Gasteiger partial charge in [0.2, 0.25) is 10.0 Å². The van der Waals surface area contributed by atoms with Crippen molar-refractivity contribution in [2.75, 3.05) is 6.54 Å². The Bertz CT molecular complexity index is 1030. The van der Waals surface area contributed by atoms with Gasteiger partial charge >= 0.3 is 0 Å². The Hall–Kier alpha value is -1.83. The number of hydrogen-bond acceptors (Lipinski definition) is 5. The molecule has 1 aliphatic heterocycles. The highest BCUT2D eigenvalue weighted by Gasteiger charge is 2.35. The highest BCUT2D eigenvalue weighted by Crippen LogP contribution is 2.36. The van der Waals surface area contributed by atoms with Crippen LogP contribution in [-0.2, 0) is 10.0 Å². The Kier molecular flexibility index (Phi) is 4.77. The predicted octanol–water partition coefficient (Wildman–Crippen LogP) is 4.31. The van der Waals surface area contributed by atoms with Gasteiger partial charge in [-0.1, -0.05) is 48.7 Å². The van der Waals surface area contributed by atoms with E-state index in [4.69, 9.17) is 0 Å². The van der Waals surface area contributed by atoms with E-state index in [0.717, 1.165) is 48.5 Å². The summed E-state index contributed by atoms with van der Waals surface area (Å²) in [6.45, 7) is 2.58. The molecule has 2 aromatic carbocycles. The van der Waals surface area contributed by atoms with Gasteiger partial charge in [0.05, 0.1) is 17.8 Å². The van der Waals surface area contributed by atoms with Gasteiger partial charge in [-0.15, -0.1) is 0 Å². The van der Waals surface area contributed by atoms with Gasteiger partial charge in [0.15, 0.2) is 0 Å². The van der Waals surface area contributed by atoms with Crippen LogP contribution in [-0.4, -0.2) is 28.0 Å². The minimum Gasteiger partial charge on any atom is -0.207 e. The number of benzene rings is 2. The van der Waals surface area contributed by atoms with E-state index in [0.29, 0.717) is 17.6 Å². The van der Waals surface area contributed by atoms with Crippen molar-refractivity contribution >= 4 is 32.8 Å². The fraction of sp³-hybridized carbons (Fsp3) is 0.368. The van der Waals surface area contributed by atoms with Crippen molar-refractivity contribution < 1.29 is 8.42 Å². The molecule has 5 nitrogen and oxygen atoms in total. The molecule has 1 fully saturated rings. The second kappa shape index (κ2) is 7.06. The SMILES string of the molecule is Cc1cccc([C@H]2CCCCCN2S(=O)(=O)c2cccc3nsnc23)c1. The normalized spacial score (nSPS) is 19.5. The van der Waals surface area contributed by atoms with Crippen LogP contribution in [0, 0.1) is 6.92 Å². The van der Waals surface area contributed by atoms with E-state index >= 15 is 0 Å². The average molecular weight is 388 g/mol. The van der Waals surface area contributed by atoms with E-state index in [2.05, 4.69) is 14.8 Å². The molecule has 0 bridgehead atoms. The van der Waals surface area contributed by atoms with Crippen LogP contribution in [0.25, 0.3) is 11.0 Å². The zero-order valence-corrected chi connectivity index (χ0v) is 16.3.